The second-order valence-electron chi connectivity index (χ2n) is 8.58. The third-order valence-corrected chi connectivity index (χ3v) is 39.5. The summed E-state index contributed by atoms with van der Waals surface area (Å²) in [4.78, 5) is 0. The van der Waals surface area contributed by atoms with Gasteiger partial charge in [-0.2, -0.15) is 0 Å². The summed E-state index contributed by atoms with van der Waals surface area (Å²) in [5.41, 5.74) is 0. The summed E-state index contributed by atoms with van der Waals surface area (Å²) in [7, 11) is -26.8. The van der Waals surface area contributed by atoms with Crippen LogP contribution in [0.2, 0.25) is 52.4 Å². The van der Waals surface area contributed by atoms with E-state index in [0.717, 1.165) is 0 Å². The molecule has 0 radical (unpaired) electrons. The lowest BCUT2D eigenvalue weighted by Gasteiger charge is -2.56. The fourth-order valence-corrected chi connectivity index (χ4v) is 49.0. The van der Waals surface area contributed by atoms with Crippen LogP contribution in [0.3, 0.4) is 0 Å². The van der Waals surface area contributed by atoms with Crippen LogP contribution in [0.5, 0.6) is 0 Å². The molecule has 166 valence electrons. The maximum Gasteiger partial charge on any atom is 0.482 e. The van der Waals surface area contributed by atoms with Crippen molar-refractivity contribution in [2.45, 2.75) is 52.4 Å². The molecule has 6 aliphatic heterocycles. The van der Waals surface area contributed by atoms with Gasteiger partial charge in [-0.15, -0.1) is 0 Å². The van der Waals surface area contributed by atoms with Gasteiger partial charge in [0.2, 0.25) is 0 Å². The second kappa shape index (κ2) is 6.03. The van der Waals surface area contributed by atoms with Gasteiger partial charge < -0.3 is 49.7 Å². The highest BCUT2D eigenvalue weighted by atomic mass is 28.6. The van der Waals surface area contributed by atoms with Crippen LogP contribution >= 0.6 is 0 Å². The lowest BCUT2D eigenvalue weighted by molar-refractivity contribution is 0.0171. The van der Waals surface area contributed by atoms with Gasteiger partial charge in [-0.25, -0.2) is 0 Å². The van der Waals surface area contributed by atoms with Gasteiger partial charge >= 0.3 is 70.2 Å². The zero-order chi connectivity index (χ0) is 21.2. The first kappa shape index (κ1) is 22.1. The Morgan fingerprint density at radius 3 is 0.897 bits per heavy atom. The Kier molecular flexibility index (Phi) is 4.59. The summed E-state index contributed by atoms with van der Waals surface area (Å²) in [5.74, 6) is 0. The first-order chi connectivity index (χ1) is 13.0. The van der Waals surface area contributed by atoms with Gasteiger partial charge in [-0.3, -0.25) is 0 Å². The van der Waals surface area contributed by atoms with E-state index in [1.165, 1.54) is 0 Å². The monoisotopic (exact) mass is 550 g/mol. The zero-order valence-corrected chi connectivity index (χ0v) is 25.6. The molecule has 8 bridgehead atoms. The van der Waals surface area contributed by atoms with E-state index in [-0.39, 0.29) is 6.23 Å². The number of fused-ring (bicyclic) bond motifs is 1. The van der Waals surface area contributed by atoms with Crippen LogP contribution in [-0.2, 0) is 49.7 Å². The van der Waals surface area contributed by atoms with Gasteiger partial charge in [0.05, 0.1) is 6.23 Å². The molecule has 6 fully saturated rings. The SMILES string of the molecule is C[Si]12CO[Si]3(C)O[Si]4(C)O[Si](C)(O1)O[Si]1(C)O[Si](C)(O2)O[Si](C)(O3)O[Si](C)(O4)O1. The molecule has 29 heavy (non-hydrogen) atoms. The summed E-state index contributed by atoms with van der Waals surface area (Å²) < 4.78 is 77.4. The minimum atomic E-state index is -3.43. The Morgan fingerprint density at radius 1 is 0.345 bits per heavy atom. The molecule has 0 aliphatic carbocycles. The van der Waals surface area contributed by atoms with Crippen molar-refractivity contribution in [2.24, 2.45) is 0 Å². The average Bonchev–Trinajstić information content (AvgIpc) is 2.39. The van der Waals surface area contributed by atoms with Crippen LogP contribution in [-0.4, -0.2) is 76.4 Å². The van der Waals surface area contributed by atoms with Crippen molar-refractivity contribution in [3.05, 3.63) is 0 Å². The van der Waals surface area contributed by atoms with Gasteiger partial charge in [0.25, 0.3) is 0 Å². The number of rotatable bonds is 0. The van der Waals surface area contributed by atoms with Crippen LogP contribution in [0.25, 0.3) is 0 Å². The van der Waals surface area contributed by atoms with Crippen molar-refractivity contribution >= 4 is 70.2 Å². The van der Waals surface area contributed by atoms with Crippen molar-refractivity contribution in [3.8, 4) is 0 Å². The molecule has 0 aromatic heterocycles. The van der Waals surface area contributed by atoms with E-state index >= 15 is 0 Å². The van der Waals surface area contributed by atoms with Crippen molar-refractivity contribution < 1.29 is 49.7 Å². The maximum atomic E-state index is 6.54. The molecule has 6 heterocycles. The molecule has 6 saturated heterocycles. The molecular weight excluding hydrogens is 525 g/mol. The molecule has 0 aromatic rings. The summed E-state index contributed by atoms with van der Waals surface area (Å²) >= 11 is 0. The maximum absolute atomic E-state index is 6.54. The third kappa shape index (κ3) is 3.94. The predicted octanol–water partition coefficient (Wildman–Crippen LogP) is 0.846. The minimum Gasteiger partial charge on any atom is -0.393 e. The van der Waals surface area contributed by atoms with E-state index < -0.39 is 70.2 Å². The highest BCUT2D eigenvalue weighted by molar-refractivity contribution is 7.00. The van der Waals surface area contributed by atoms with Crippen LogP contribution in [0.15, 0.2) is 0 Å². The van der Waals surface area contributed by atoms with E-state index in [1.54, 1.807) is 45.8 Å². The molecule has 20 heteroatoms. The Labute approximate surface area is 178 Å². The summed E-state index contributed by atoms with van der Waals surface area (Å²) in [6.45, 7) is 14.3. The molecule has 0 N–H and O–H groups in total. The summed E-state index contributed by atoms with van der Waals surface area (Å²) in [6.07, 6.45) is 0.156. The van der Waals surface area contributed by atoms with Gasteiger partial charge in [0.15, 0.2) is 0 Å². The fourth-order valence-electron chi connectivity index (χ4n) is 4.61. The Bertz CT molecular complexity index is 661. The van der Waals surface area contributed by atoms with E-state index in [9.17, 15) is 0 Å². The highest BCUT2D eigenvalue weighted by Gasteiger charge is 2.76. The van der Waals surface area contributed by atoms with E-state index in [1.807, 2.05) is 6.55 Å². The highest BCUT2D eigenvalue weighted by Crippen LogP contribution is 2.46. The largest absolute Gasteiger partial charge is 0.482 e. The quantitative estimate of drug-likeness (QED) is 0.399. The Balaban J connectivity index is 1.79. The van der Waals surface area contributed by atoms with E-state index in [2.05, 4.69) is 0 Å². The van der Waals surface area contributed by atoms with Crippen molar-refractivity contribution in [1.29, 1.82) is 0 Å². The lowest BCUT2D eigenvalue weighted by Crippen LogP contribution is -2.81. The molecule has 0 amide bonds. The topological polar surface area (TPSA) is 111 Å². The van der Waals surface area contributed by atoms with E-state index in [0.29, 0.717) is 0 Å². The molecule has 12 nitrogen and oxygen atoms in total. The van der Waals surface area contributed by atoms with Gasteiger partial charge in [-0.05, 0) is 6.55 Å². The molecule has 0 saturated carbocycles. The zero-order valence-electron chi connectivity index (χ0n) is 17.6. The molecule has 6 rings (SSSR count). The molecule has 0 spiro atoms. The van der Waals surface area contributed by atoms with Crippen LogP contribution < -0.4 is 0 Å². The van der Waals surface area contributed by atoms with Crippen molar-refractivity contribution in [3.63, 3.8) is 0 Å². The molecular formula is C9H26O12Si8. The predicted molar refractivity (Wildman–Crippen MR) is 111 cm³/mol. The number of hydrogen-bond donors (Lipinski definition) is 0. The van der Waals surface area contributed by atoms with Crippen LogP contribution in [0, 0.1) is 0 Å². The molecule has 4 unspecified atom stereocenters. The van der Waals surface area contributed by atoms with Crippen LogP contribution in [0.1, 0.15) is 0 Å². The average molecular weight is 551 g/mol. The minimum absolute atomic E-state index is 0.156. The van der Waals surface area contributed by atoms with Crippen molar-refractivity contribution in [2.75, 3.05) is 6.23 Å². The van der Waals surface area contributed by atoms with Crippen LogP contribution in [0.4, 0.5) is 0 Å². The Morgan fingerprint density at radius 2 is 0.586 bits per heavy atom. The standard InChI is InChI=1S/C9H26O12Si8/c1-22-9-10-23(2)13-26(5)15-24(3,11-22)17-28(7)18-25(4,12-22)16-27(6,14-23)20-29(8,19-26)21-28/h9H2,1-8H3. The second-order valence-corrected chi connectivity index (χ2v) is 32.5. The fraction of sp³-hybridized carbons (Fsp3) is 1.00. The van der Waals surface area contributed by atoms with Gasteiger partial charge in [-0.1, -0.05) is 0 Å². The van der Waals surface area contributed by atoms with E-state index in [4.69, 9.17) is 49.7 Å². The van der Waals surface area contributed by atoms with Crippen molar-refractivity contribution in [1.82, 2.24) is 0 Å². The summed E-state index contributed by atoms with van der Waals surface area (Å²) in [6, 6.07) is 0. The molecule has 6 aliphatic rings. The molecule has 0 aromatic carbocycles. The van der Waals surface area contributed by atoms with Gasteiger partial charge in [0, 0.05) is 45.8 Å². The third-order valence-electron chi connectivity index (χ3n) is 4.74. The first-order valence-corrected chi connectivity index (χ1v) is 27.4. The van der Waals surface area contributed by atoms with Gasteiger partial charge in [0.1, 0.15) is 0 Å². The summed E-state index contributed by atoms with van der Waals surface area (Å²) in [5, 5.41) is 0. The lowest BCUT2D eigenvalue weighted by atomic mass is 11.7. The normalized spacial score (nSPS) is 64.6. The Hall–Kier alpha value is 1.26. The smallest absolute Gasteiger partial charge is 0.393 e. The number of hydrogen-bond acceptors (Lipinski definition) is 12. The molecule has 4 atom stereocenters. The first-order valence-electron chi connectivity index (χ1n) is 9.34.